The van der Waals surface area contributed by atoms with Gasteiger partial charge in [-0.15, -0.1) is 0 Å². The fourth-order valence-corrected chi connectivity index (χ4v) is 2.82. The van der Waals surface area contributed by atoms with Gasteiger partial charge in [0.2, 0.25) is 0 Å². The van der Waals surface area contributed by atoms with E-state index in [-0.39, 0.29) is 12.4 Å². The number of fused-ring (bicyclic) bond motifs is 1. The fourth-order valence-electron chi connectivity index (χ4n) is 2.82. The van der Waals surface area contributed by atoms with Crippen LogP contribution in [-0.4, -0.2) is 52.4 Å². The van der Waals surface area contributed by atoms with Gasteiger partial charge in [0.05, 0.1) is 30.6 Å². The minimum absolute atomic E-state index is 0.0407. The van der Waals surface area contributed by atoms with Gasteiger partial charge in [0.15, 0.2) is 5.82 Å². The highest BCUT2D eigenvalue weighted by Gasteiger charge is 2.20. The van der Waals surface area contributed by atoms with Crippen LogP contribution >= 0.6 is 0 Å². The summed E-state index contributed by atoms with van der Waals surface area (Å²) in [6.07, 6.45) is 1.69. The molecule has 0 radical (unpaired) electrons. The Morgan fingerprint density at radius 3 is 2.69 bits per heavy atom. The molecular formula is C17H23N5O4. The van der Waals surface area contributed by atoms with E-state index in [9.17, 15) is 9.59 Å². The molecule has 0 aliphatic carbocycles. The predicted octanol–water partition coefficient (Wildman–Crippen LogP) is 0.552. The molecule has 2 N–H and O–H groups in total. The van der Waals surface area contributed by atoms with Crippen molar-refractivity contribution in [2.75, 3.05) is 36.9 Å². The number of pyridine rings is 1. The standard InChI is InChI=1S/C17H23N5O4/c1-17(2,3)26-13(23)10-22-12-8-11(21-4-6-25-7-5-21)9-19-14(12)15(18)20-16(22)24/h8-9H,4-7,10H2,1-3H3,(H2,18,20,24). The van der Waals surface area contributed by atoms with Gasteiger partial charge in [-0.1, -0.05) is 0 Å². The molecule has 0 spiro atoms. The third kappa shape index (κ3) is 3.93. The van der Waals surface area contributed by atoms with Crippen LogP contribution in [0.15, 0.2) is 17.1 Å². The van der Waals surface area contributed by atoms with Crippen molar-refractivity contribution in [3.05, 3.63) is 22.7 Å². The van der Waals surface area contributed by atoms with Gasteiger partial charge in [-0.2, -0.15) is 4.98 Å². The van der Waals surface area contributed by atoms with E-state index in [2.05, 4.69) is 14.9 Å². The molecule has 3 heterocycles. The lowest BCUT2D eigenvalue weighted by atomic mass is 10.2. The number of carbonyl (C=O) groups is 1. The summed E-state index contributed by atoms with van der Waals surface area (Å²) in [6, 6.07) is 1.80. The van der Waals surface area contributed by atoms with E-state index >= 15 is 0 Å². The molecule has 2 aromatic heterocycles. The topological polar surface area (TPSA) is 113 Å². The van der Waals surface area contributed by atoms with Gasteiger partial charge in [-0.3, -0.25) is 9.36 Å². The number of anilines is 2. The molecule has 2 aromatic rings. The maximum absolute atomic E-state index is 12.3. The molecule has 0 saturated carbocycles. The third-order valence-corrected chi connectivity index (χ3v) is 3.92. The number of hydrogen-bond acceptors (Lipinski definition) is 8. The number of nitrogen functional groups attached to an aromatic ring is 1. The van der Waals surface area contributed by atoms with Crippen LogP contribution in [0.5, 0.6) is 0 Å². The Hall–Kier alpha value is -2.68. The lowest BCUT2D eigenvalue weighted by Gasteiger charge is -2.28. The number of rotatable bonds is 3. The highest BCUT2D eigenvalue weighted by Crippen LogP contribution is 2.22. The van der Waals surface area contributed by atoms with Crippen molar-refractivity contribution < 1.29 is 14.3 Å². The zero-order chi connectivity index (χ0) is 18.9. The van der Waals surface area contributed by atoms with E-state index in [4.69, 9.17) is 15.2 Å². The van der Waals surface area contributed by atoms with Crippen molar-refractivity contribution in [3.63, 3.8) is 0 Å². The fraction of sp³-hybridized carbons (Fsp3) is 0.529. The van der Waals surface area contributed by atoms with Crippen molar-refractivity contribution in [2.45, 2.75) is 32.9 Å². The molecular weight excluding hydrogens is 338 g/mol. The van der Waals surface area contributed by atoms with Crippen LogP contribution in [0, 0.1) is 0 Å². The van der Waals surface area contributed by atoms with Gasteiger partial charge >= 0.3 is 11.7 Å². The number of aromatic nitrogens is 3. The molecule has 1 saturated heterocycles. The first-order chi connectivity index (χ1) is 12.2. The van der Waals surface area contributed by atoms with Crippen LogP contribution in [-0.2, 0) is 20.8 Å². The zero-order valence-corrected chi connectivity index (χ0v) is 15.2. The van der Waals surface area contributed by atoms with E-state index in [1.165, 1.54) is 4.57 Å². The number of hydrogen-bond donors (Lipinski definition) is 1. The summed E-state index contributed by atoms with van der Waals surface area (Å²) in [5.41, 5.74) is 6.27. The summed E-state index contributed by atoms with van der Waals surface area (Å²) < 4.78 is 11.9. The number of nitrogens with zero attached hydrogens (tertiary/aromatic N) is 4. The van der Waals surface area contributed by atoms with E-state index < -0.39 is 17.3 Å². The monoisotopic (exact) mass is 361 g/mol. The molecule has 9 nitrogen and oxygen atoms in total. The number of ether oxygens (including phenoxy) is 2. The van der Waals surface area contributed by atoms with Gasteiger partial charge in [-0.25, -0.2) is 9.78 Å². The summed E-state index contributed by atoms with van der Waals surface area (Å²) in [6.45, 7) is 7.76. The average molecular weight is 361 g/mol. The molecule has 3 rings (SSSR count). The van der Waals surface area contributed by atoms with Crippen molar-refractivity contribution >= 4 is 28.5 Å². The Balaban J connectivity index is 2.03. The zero-order valence-electron chi connectivity index (χ0n) is 15.2. The highest BCUT2D eigenvalue weighted by molar-refractivity contribution is 5.87. The van der Waals surface area contributed by atoms with Crippen LogP contribution < -0.4 is 16.3 Å². The summed E-state index contributed by atoms with van der Waals surface area (Å²) in [4.78, 5) is 34.8. The molecule has 0 aromatic carbocycles. The number of morpholine rings is 1. The largest absolute Gasteiger partial charge is 0.459 e. The van der Waals surface area contributed by atoms with Gasteiger partial charge < -0.3 is 20.1 Å². The SMILES string of the molecule is CC(C)(C)OC(=O)Cn1c(=O)nc(N)c2ncc(N3CCOCC3)cc21. The van der Waals surface area contributed by atoms with Crippen molar-refractivity contribution in [1.82, 2.24) is 14.5 Å². The second-order valence-corrected chi connectivity index (χ2v) is 7.11. The Morgan fingerprint density at radius 1 is 1.35 bits per heavy atom. The van der Waals surface area contributed by atoms with E-state index in [0.29, 0.717) is 24.2 Å². The van der Waals surface area contributed by atoms with Crippen molar-refractivity contribution in [2.24, 2.45) is 0 Å². The third-order valence-electron chi connectivity index (χ3n) is 3.92. The van der Waals surface area contributed by atoms with Crippen molar-refractivity contribution in [1.29, 1.82) is 0 Å². The Morgan fingerprint density at radius 2 is 2.04 bits per heavy atom. The smallest absolute Gasteiger partial charge is 0.350 e. The Bertz CT molecular complexity index is 881. The van der Waals surface area contributed by atoms with Crippen LogP contribution in [0.2, 0.25) is 0 Å². The molecule has 1 aliphatic rings. The first kappa shape index (κ1) is 18.1. The first-order valence-electron chi connectivity index (χ1n) is 8.45. The normalized spacial score (nSPS) is 15.3. The van der Waals surface area contributed by atoms with Gasteiger partial charge in [0, 0.05) is 13.1 Å². The molecule has 1 fully saturated rings. The van der Waals surface area contributed by atoms with E-state index in [1.807, 2.05) is 0 Å². The molecule has 0 amide bonds. The summed E-state index contributed by atoms with van der Waals surface area (Å²) >= 11 is 0. The molecule has 9 heteroatoms. The lowest BCUT2D eigenvalue weighted by molar-refractivity contribution is -0.155. The quantitative estimate of drug-likeness (QED) is 0.789. The minimum atomic E-state index is -0.644. The highest BCUT2D eigenvalue weighted by atomic mass is 16.6. The van der Waals surface area contributed by atoms with Crippen LogP contribution in [0.4, 0.5) is 11.5 Å². The van der Waals surface area contributed by atoms with Crippen LogP contribution in [0.1, 0.15) is 20.8 Å². The van der Waals surface area contributed by atoms with Crippen LogP contribution in [0.25, 0.3) is 11.0 Å². The Labute approximate surface area is 150 Å². The van der Waals surface area contributed by atoms with E-state index in [1.54, 1.807) is 33.0 Å². The predicted molar refractivity (Wildman–Crippen MR) is 97.1 cm³/mol. The van der Waals surface area contributed by atoms with Gasteiger partial charge in [0.25, 0.3) is 0 Å². The first-order valence-corrected chi connectivity index (χ1v) is 8.45. The molecule has 0 atom stereocenters. The maximum Gasteiger partial charge on any atom is 0.350 e. The van der Waals surface area contributed by atoms with Crippen molar-refractivity contribution in [3.8, 4) is 0 Å². The number of nitrogens with two attached hydrogens (primary N) is 1. The second kappa shape index (κ2) is 6.91. The molecule has 26 heavy (non-hydrogen) atoms. The minimum Gasteiger partial charge on any atom is -0.459 e. The number of carbonyl (C=O) groups excluding carboxylic acids is 1. The maximum atomic E-state index is 12.3. The molecule has 0 unspecified atom stereocenters. The summed E-state index contributed by atoms with van der Waals surface area (Å²) in [7, 11) is 0. The Kier molecular flexibility index (Phi) is 4.82. The lowest BCUT2D eigenvalue weighted by Crippen LogP contribution is -2.36. The molecule has 0 bridgehead atoms. The van der Waals surface area contributed by atoms with Gasteiger partial charge in [0.1, 0.15) is 17.7 Å². The summed E-state index contributed by atoms with van der Waals surface area (Å²) in [5.74, 6) is -0.483. The van der Waals surface area contributed by atoms with Gasteiger partial charge in [-0.05, 0) is 26.8 Å². The molecule has 1 aliphatic heterocycles. The average Bonchev–Trinajstić information content (AvgIpc) is 2.57. The van der Waals surface area contributed by atoms with Crippen LogP contribution in [0.3, 0.4) is 0 Å². The number of esters is 1. The van der Waals surface area contributed by atoms with E-state index in [0.717, 1.165) is 18.8 Å². The summed E-state index contributed by atoms with van der Waals surface area (Å²) in [5, 5.41) is 0. The molecule has 140 valence electrons. The second-order valence-electron chi connectivity index (χ2n) is 7.11.